The van der Waals surface area contributed by atoms with Crippen LogP contribution in [0.4, 0.5) is 5.13 Å². The summed E-state index contributed by atoms with van der Waals surface area (Å²) in [6.45, 7) is 6.01. The van der Waals surface area contributed by atoms with Gasteiger partial charge in [-0.25, -0.2) is 4.98 Å². The second-order valence-electron chi connectivity index (χ2n) is 5.03. The number of aromatic nitrogens is 1. The van der Waals surface area contributed by atoms with Crippen LogP contribution in [0.2, 0.25) is 0 Å². The van der Waals surface area contributed by atoms with Crippen LogP contribution in [-0.2, 0) is 4.74 Å². The monoisotopic (exact) mass is 305 g/mol. The van der Waals surface area contributed by atoms with E-state index in [1.807, 2.05) is 25.1 Å². The third kappa shape index (κ3) is 3.16. The van der Waals surface area contributed by atoms with Crippen molar-refractivity contribution in [3.05, 3.63) is 23.8 Å². The molecule has 6 heteroatoms. The van der Waals surface area contributed by atoms with Crippen molar-refractivity contribution in [2.24, 2.45) is 0 Å². The Labute approximate surface area is 127 Å². The summed E-state index contributed by atoms with van der Waals surface area (Å²) in [7, 11) is 0. The number of amides is 1. The molecule has 1 fully saturated rings. The largest absolute Gasteiger partial charge is 0.378 e. The Bertz CT molecular complexity index is 635. The van der Waals surface area contributed by atoms with Crippen molar-refractivity contribution in [1.29, 1.82) is 0 Å². The highest BCUT2D eigenvalue weighted by molar-refractivity contribution is 7.22. The van der Waals surface area contributed by atoms with Crippen LogP contribution >= 0.6 is 11.3 Å². The summed E-state index contributed by atoms with van der Waals surface area (Å²) in [4.78, 5) is 18.9. The Kier molecular flexibility index (Phi) is 4.36. The molecule has 5 nitrogen and oxygen atoms in total. The van der Waals surface area contributed by atoms with Crippen LogP contribution in [0.5, 0.6) is 0 Å². The molecule has 0 saturated carbocycles. The van der Waals surface area contributed by atoms with E-state index < -0.39 is 0 Å². The number of carbonyl (C=O) groups is 1. The van der Waals surface area contributed by atoms with Gasteiger partial charge in [0.25, 0.3) is 5.91 Å². The number of morpholine rings is 1. The second-order valence-corrected chi connectivity index (χ2v) is 6.04. The number of hydrogen-bond donors (Lipinski definition) is 1. The molecule has 3 rings (SSSR count). The summed E-state index contributed by atoms with van der Waals surface area (Å²) in [5.41, 5.74) is 1.65. The first kappa shape index (κ1) is 14.3. The lowest BCUT2D eigenvalue weighted by Gasteiger charge is -2.25. The Morgan fingerprint density at radius 1 is 1.43 bits per heavy atom. The maximum absolute atomic E-state index is 12.0. The molecule has 1 aliphatic rings. The lowest BCUT2D eigenvalue weighted by atomic mass is 10.2. The predicted molar refractivity (Wildman–Crippen MR) is 85.3 cm³/mol. The fraction of sp³-hybridized carbons (Fsp3) is 0.467. The molecule has 1 N–H and O–H groups in total. The van der Waals surface area contributed by atoms with Gasteiger partial charge in [0.05, 0.1) is 23.4 Å². The van der Waals surface area contributed by atoms with E-state index in [-0.39, 0.29) is 5.91 Å². The van der Waals surface area contributed by atoms with Gasteiger partial charge < -0.3 is 15.0 Å². The van der Waals surface area contributed by atoms with Gasteiger partial charge in [-0.2, -0.15) is 0 Å². The zero-order valence-electron chi connectivity index (χ0n) is 12.1. The number of hydrogen-bond acceptors (Lipinski definition) is 5. The SMILES string of the molecule is CCCNC(=O)c1ccc2nc(N3CCOCC3)sc2c1. The second kappa shape index (κ2) is 6.41. The van der Waals surface area contributed by atoms with E-state index in [1.54, 1.807) is 11.3 Å². The average Bonchev–Trinajstić information content (AvgIpc) is 2.96. The number of carbonyl (C=O) groups excluding carboxylic acids is 1. The van der Waals surface area contributed by atoms with E-state index in [0.717, 1.165) is 48.1 Å². The van der Waals surface area contributed by atoms with Gasteiger partial charge in [0, 0.05) is 25.2 Å². The van der Waals surface area contributed by atoms with Gasteiger partial charge in [-0.15, -0.1) is 0 Å². The van der Waals surface area contributed by atoms with Gasteiger partial charge in [-0.1, -0.05) is 18.3 Å². The molecule has 0 spiro atoms. The van der Waals surface area contributed by atoms with Crippen LogP contribution in [0.15, 0.2) is 18.2 Å². The van der Waals surface area contributed by atoms with E-state index >= 15 is 0 Å². The van der Waals surface area contributed by atoms with Crippen LogP contribution < -0.4 is 10.2 Å². The molecule has 1 aromatic heterocycles. The molecule has 0 bridgehead atoms. The highest BCUT2D eigenvalue weighted by Gasteiger charge is 2.16. The van der Waals surface area contributed by atoms with Crippen molar-refractivity contribution in [1.82, 2.24) is 10.3 Å². The molecule has 0 atom stereocenters. The molecule has 0 unspecified atom stereocenters. The van der Waals surface area contributed by atoms with Crippen molar-refractivity contribution in [2.75, 3.05) is 37.7 Å². The quantitative estimate of drug-likeness (QED) is 0.941. The number of ether oxygens (including phenoxy) is 1. The van der Waals surface area contributed by atoms with E-state index in [4.69, 9.17) is 4.74 Å². The first-order valence-electron chi connectivity index (χ1n) is 7.29. The molecule has 1 saturated heterocycles. The van der Waals surface area contributed by atoms with Gasteiger partial charge >= 0.3 is 0 Å². The van der Waals surface area contributed by atoms with Crippen molar-refractivity contribution < 1.29 is 9.53 Å². The summed E-state index contributed by atoms with van der Waals surface area (Å²) in [5.74, 6) is -0.0138. The standard InChI is InChI=1S/C15H19N3O2S/c1-2-5-16-14(19)11-3-4-12-13(10-11)21-15(17-12)18-6-8-20-9-7-18/h3-4,10H,2,5-9H2,1H3,(H,16,19). The zero-order valence-corrected chi connectivity index (χ0v) is 12.9. The van der Waals surface area contributed by atoms with E-state index in [2.05, 4.69) is 15.2 Å². The number of rotatable bonds is 4. The summed E-state index contributed by atoms with van der Waals surface area (Å²) in [6.07, 6.45) is 0.940. The molecule has 1 aromatic carbocycles. The number of thiazole rings is 1. The summed E-state index contributed by atoms with van der Waals surface area (Å²) in [5, 5.41) is 3.92. The van der Waals surface area contributed by atoms with Crippen LogP contribution in [0.1, 0.15) is 23.7 Å². The van der Waals surface area contributed by atoms with Gasteiger partial charge in [-0.05, 0) is 24.6 Å². The third-order valence-corrected chi connectivity index (χ3v) is 4.54. The Hall–Kier alpha value is -1.66. The maximum Gasteiger partial charge on any atom is 0.251 e. The van der Waals surface area contributed by atoms with E-state index in [0.29, 0.717) is 12.1 Å². The maximum atomic E-state index is 12.0. The molecule has 1 aliphatic heterocycles. The van der Waals surface area contributed by atoms with Gasteiger partial charge in [0.2, 0.25) is 0 Å². The topological polar surface area (TPSA) is 54.5 Å². The molecular weight excluding hydrogens is 286 g/mol. The Morgan fingerprint density at radius 3 is 3.00 bits per heavy atom. The lowest BCUT2D eigenvalue weighted by Crippen LogP contribution is -2.36. The number of benzene rings is 1. The number of nitrogens with one attached hydrogen (secondary N) is 1. The highest BCUT2D eigenvalue weighted by Crippen LogP contribution is 2.29. The zero-order chi connectivity index (χ0) is 14.7. The fourth-order valence-electron chi connectivity index (χ4n) is 2.28. The summed E-state index contributed by atoms with van der Waals surface area (Å²) < 4.78 is 6.42. The molecular formula is C15H19N3O2S. The van der Waals surface area contributed by atoms with Crippen LogP contribution in [-0.4, -0.2) is 43.7 Å². The Balaban J connectivity index is 1.82. The van der Waals surface area contributed by atoms with Crippen molar-refractivity contribution in [2.45, 2.75) is 13.3 Å². The molecule has 112 valence electrons. The van der Waals surface area contributed by atoms with Crippen molar-refractivity contribution in [3.8, 4) is 0 Å². The van der Waals surface area contributed by atoms with E-state index in [9.17, 15) is 4.79 Å². The molecule has 0 radical (unpaired) electrons. The molecule has 21 heavy (non-hydrogen) atoms. The Morgan fingerprint density at radius 2 is 2.24 bits per heavy atom. The minimum Gasteiger partial charge on any atom is -0.378 e. The van der Waals surface area contributed by atoms with Crippen LogP contribution in [0, 0.1) is 0 Å². The lowest BCUT2D eigenvalue weighted by molar-refractivity contribution is 0.0954. The highest BCUT2D eigenvalue weighted by atomic mass is 32.1. The number of nitrogens with zero attached hydrogens (tertiary/aromatic N) is 2. The van der Waals surface area contributed by atoms with Crippen molar-refractivity contribution >= 4 is 32.6 Å². The smallest absolute Gasteiger partial charge is 0.251 e. The van der Waals surface area contributed by atoms with Gasteiger partial charge in [0.1, 0.15) is 0 Å². The normalized spacial score (nSPS) is 15.4. The predicted octanol–water partition coefficient (Wildman–Crippen LogP) is 2.27. The molecule has 1 amide bonds. The minimum atomic E-state index is -0.0138. The first-order valence-corrected chi connectivity index (χ1v) is 8.11. The molecule has 2 aromatic rings. The number of anilines is 1. The van der Waals surface area contributed by atoms with E-state index in [1.165, 1.54) is 0 Å². The number of fused-ring (bicyclic) bond motifs is 1. The van der Waals surface area contributed by atoms with Crippen LogP contribution in [0.25, 0.3) is 10.2 Å². The van der Waals surface area contributed by atoms with Gasteiger partial charge in [-0.3, -0.25) is 4.79 Å². The minimum absolute atomic E-state index is 0.0138. The molecule has 0 aliphatic carbocycles. The van der Waals surface area contributed by atoms with Gasteiger partial charge in [0.15, 0.2) is 5.13 Å². The summed E-state index contributed by atoms with van der Waals surface area (Å²) in [6, 6.07) is 5.70. The molecule has 2 heterocycles. The third-order valence-electron chi connectivity index (χ3n) is 3.46. The fourth-order valence-corrected chi connectivity index (χ4v) is 3.34. The summed E-state index contributed by atoms with van der Waals surface area (Å²) >= 11 is 1.64. The first-order chi connectivity index (χ1) is 10.3. The van der Waals surface area contributed by atoms with Crippen LogP contribution in [0.3, 0.4) is 0 Å². The average molecular weight is 305 g/mol. The van der Waals surface area contributed by atoms with Crippen molar-refractivity contribution in [3.63, 3.8) is 0 Å².